The normalized spacial score (nSPS) is 18.1. The Bertz CT molecular complexity index is 808. The van der Waals surface area contributed by atoms with E-state index >= 15 is 0 Å². The van der Waals surface area contributed by atoms with Crippen LogP contribution in [0.2, 0.25) is 0 Å². The number of nitrogens with zero attached hydrogens (tertiary/aromatic N) is 2. The second kappa shape index (κ2) is 8.60. The summed E-state index contributed by atoms with van der Waals surface area (Å²) in [6, 6.07) is 5.31. The van der Waals surface area contributed by atoms with Gasteiger partial charge in [0.2, 0.25) is 5.75 Å². The Morgan fingerprint density at radius 2 is 1.90 bits per heavy atom. The number of carbonyl (C=O) groups is 2. The Kier molecular flexibility index (Phi) is 6.16. The number of esters is 1. The Morgan fingerprint density at radius 1 is 1.21 bits per heavy atom. The molecule has 1 aromatic carbocycles. The van der Waals surface area contributed by atoms with Crippen molar-refractivity contribution in [3.05, 3.63) is 17.7 Å². The second-order valence-electron chi connectivity index (χ2n) is 7.35. The number of rotatable bonds is 5. The number of amides is 1. The standard InChI is InChI=1S/C21H26N2O6/c1-14(19(24)23(2)21(13-22)7-5-4-6-8-21)29-20(25)15-11-16(26-3)18-17(12-15)27-9-10-28-18/h11-12,14H,4-10H2,1-3H3/t14-/m0/s1. The van der Waals surface area contributed by atoms with Gasteiger partial charge in [-0.15, -0.1) is 0 Å². The summed E-state index contributed by atoms with van der Waals surface area (Å²) in [4.78, 5) is 26.9. The van der Waals surface area contributed by atoms with Crippen molar-refractivity contribution in [3.8, 4) is 23.3 Å². The molecule has 1 amide bonds. The largest absolute Gasteiger partial charge is 0.493 e. The van der Waals surface area contributed by atoms with Gasteiger partial charge in [-0.05, 0) is 31.9 Å². The predicted octanol–water partition coefficient (Wildman–Crippen LogP) is 2.70. The molecule has 3 rings (SSSR count). The number of likely N-dealkylation sites (N-methyl/N-ethyl adjacent to an activating group) is 1. The van der Waals surface area contributed by atoms with E-state index in [4.69, 9.17) is 18.9 Å². The van der Waals surface area contributed by atoms with E-state index in [1.807, 2.05) is 0 Å². The van der Waals surface area contributed by atoms with Gasteiger partial charge in [-0.1, -0.05) is 19.3 Å². The summed E-state index contributed by atoms with van der Waals surface area (Å²) in [5, 5.41) is 9.68. The molecule has 0 spiro atoms. The lowest BCUT2D eigenvalue weighted by molar-refractivity contribution is -0.143. The zero-order valence-corrected chi connectivity index (χ0v) is 17.0. The summed E-state index contributed by atoms with van der Waals surface area (Å²) in [7, 11) is 3.07. The molecule has 8 nitrogen and oxygen atoms in total. The molecule has 2 aliphatic rings. The number of fused-ring (bicyclic) bond motifs is 1. The quantitative estimate of drug-likeness (QED) is 0.698. The highest BCUT2D eigenvalue weighted by Gasteiger charge is 2.41. The van der Waals surface area contributed by atoms with Crippen LogP contribution in [0.15, 0.2) is 12.1 Å². The minimum Gasteiger partial charge on any atom is -0.493 e. The van der Waals surface area contributed by atoms with Gasteiger partial charge in [-0.3, -0.25) is 4.79 Å². The van der Waals surface area contributed by atoms with E-state index in [9.17, 15) is 14.9 Å². The summed E-state index contributed by atoms with van der Waals surface area (Å²) < 4.78 is 21.7. The van der Waals surface area contributed by atoms with Gasteiger partial charge in [-0.2, -0.15) is 5.26 Å². The first kappa shape index (κ1) is 20.8. The van der Waals surface area contributed by atoms with Crippen molar-refractivity contribution in [2.75, 3.05) is 27.4 Å². The smallest absolute Gasteiger partial charge is 0.339 e. The van der Waals surface area contributed by atoms with Crippen LogP contribution in [0.3, 0.4) is 0 Å². The van der Waals surface area contributed by atoms with Crippen molar-refractivity contribution in [2.45, 2.75) is 50.7 Å². The van der Waals surface area contributed by atoms with E-state index in [-0.39, 0.29) is 5.56 Å². The maximum absolute atomic E-state index is 12.9. The summed E-state index contributed by atoms with van der Waals surface area (Å²) in [6.45, 7) is 2.27. The lowest BCUT2D eigenvalue weighted by Crippen LogP contribution is -2.53. The van der Waals surface area contributed by atoms with Crippen LogP contribution < -0.4 is 14.2 Å². The first-order valence-corrected chi connectivity index (χ1v) is 9.79. The number of benzene rings is 1. The molecule has 1 aromatic rings. The molecule has 1 atom stereocenters. The van der Waals surface area contributed by atoms with E-state index in [0.29, 0.717) is 43.3 Å². The number of ether oxygens (including phenoxy) is 4. The van der Waals surface area contributed by atoms with E-state index in [2.05, 4.69) is 6.07 Å². The SMILES string of the molecule is COc1cc(C(=O)O[C@@H](C)C(=O)N(C)C2(C#N)CCCCC2)cc2c1OCCO2. The Balaban J connectivity index is 1.73. The van der Waals surface area contributed by atoms with Crippen LogP contribution in [0.4, 0.5) is 0 Å². The fourth-order valence-electron chi connectivity index (χ4n) is 3.81. The molecule has 0 radical (unpaired) electrons. The average molecular weight is 402 g/mol. The van der Waals surface area contributed by atoms with Crippen LogP contribution in [0.1, 0.15) is 49.4 Å². The number of nitriles is 1. The van der Waals surface area contributed by atoms with Crippen LogP contribution in [0.25, 0.3) is 0 Å². The highest BCUT2D eigenvalue weighted by molar-refractivity contribution is 5.93. The number of hydrogen-bond acceptors (Lipinski definition) is 7. The molecule has 1 heterocycles. The highest BCUT2D eigenvalue weighted by atomic mass is 16.6. The first-order chi connectivity index (χ1) is 13.9. The van der Waals surface area contributed by atoms with Crippen molar-refractivity contribution in [1.29, 1.82) is 5.26 Å². The minimum absolute atomic E-state index is 0.195. The van der Waals surface area contributed by atoms with Crippen molar-refractivity contribution < 1.29 is 28.5 Å². The molecular weight excluding hydrogens is 376 g/mol. The fraction of sp³-hybridized carbons (Fsp3) is 0.571. The fourth-order valence-corrected chi connectivity index (χ4v) is 3.81. The van der Waals surface area contributed by atoms with Crippen LogP contribution in [0.5, 0.6) is 17.2 Å². The van der Waals surface area contributed by atoms with Gasteiger partial charge < -0.3 is 23.8 Å². The molecule has 29 heavy (non-hydrogen) atoms. The molecule has 0 saturated heterocycles. The minimum atomic E-state index is -1.03. The third-order valence-electron chi connectivity index (χ3n) is 5.56. The highest BCUT2D eigenvalue weighted by Crippen LogP contribution is 2.40. The molecule has 0 aromatic heterocycles. The van der Waals surface area contributed by atoms with Gasteiger partial charge in [-0.25, -0.2) is 4.79 Å². The Hall–Kier alpha value is -2.95. The number of hydrogen-bond donors (Lipinski definition) is 0. The van der Waals surface area contributed by atoms with Gasteiger partial charge in [0.1, 0.15) is 18.8 Å². The van der Waals surface area contributed by atoms with Gasteiger partial charge in [0.05, 0.1) is 18.7 Å². The molecular formula is C21H26N2O6. The van der Waals surface area contributed by atoms with Crippen LogP contribution in [-0.4, -0.2) is 55.8 Å². The van der Waals surface area contributed by atoms with Crippen molar-refractivity contribution >= 4 is 11.9 Å². The molecule has 0 bridgehead atoms. The first-order valence-electron chi connectivity index (χ1n) is 9.79. The van der Waals surface area contributed by atoms with E-state index in [0.717, 1.165) is 19.3 Å². The molecule has 1 aliphatic heterocycles. The van der Waals surface area contributed by atoms with Crippen molar-refractivity contribution in [1.82, 2.24) is 4.90 Å². The summed E-state index contributed by atoms with van der Waals surface area (Å²) in [6.07, 6.45) is 3.09. The van der Waals surface area contributed by atoms with E-state index in [1.165, 1.54) is 31.1 Å². The molecule has 1 aliphatic carbocycles. The molecule has 1 saturated carbocycles. The van der Waals surface area contributed by atoms with Gasteiger partial charge >= 0.3 is 5.97 Å². The van der Waals surface area contributed by atoms with Crippen LogP contribution >= 0.6 is 0 Å². The maximum Gasteiger partial charge on any atom is 0.339 e. The molecule has 0 N–H and O–H groups in total. The van der Waals surface area contributed by atoms with Crippen LogP contribution in [0, 0.1) is 11.3 Å². The lowest BCUT2D eigenvalue weighted by atomic mass is 9.81. The summed E-state index contributed by atoms with van der Waals surface area (Å²) in [5.74, 6) is 0.114. The Labute approximate surface area is 170 Å². The lowest BCUT2D eigenvalue weighted by Gasteiger charge is -2.39. The second-order valence-corrected chi connectivity index (χ2v) is 7.35. The van der Waals surface area contributed by atoms with Gasteiger partial charge in [0, 0.05) is 7.05 Å². The third kappa shape index (κ3) is 4.09. The van der Waals surface area contributed by atoms with E-state index in [1.54, 1.807) is 7.05 Å². The Morgan fingerprint density at radius 3 is 2.55 bits per heavy atom. The molecule has 1 fully saturated rings. The van der Waals surface area contributed by atoms with Crippen molar-refractivity contribution in [2.24, 2.45) is 0 Å². The predicted molar refractivity (Wildman–Crippen MR) is 103 cm³/mol. The maximum atomic E-state index is 12.9. The monoisotopic (exact) mass is 402 g/mol. The average Bonchev–Trinajstić information content (AvgIpc) is 2.77. The van der Waals surface area contributed by atoms with Gasteiger partial charge in [0.25, 0.3) is 5.91 Å². The zero-order chi connectivity index (χ0) is 21.0. The molecule has 156 valence electrons. The zero-order valence-electron chi connectivity index (χ0n) is 17.0. The summed E-state index contributed by atoms with van der Waals surface area (Å²) >= 11 is 0. The third-order valence-corrected chi connectivity index (χ3v) is 5.56. The number of carbonyl (C=O) groups excluding carboxylic acids is 2. The topological polar surface area (TPSA) is 98.1 Å². The molecule has 8 heteroatoms. The van der Waals surface area contributed by atoms with Crippen LogP contribution in [-0.2, 0) is 9.53 Å². The van der Waals surface area contributed by atoms with E-state index < -0.39 is 23.5 Å². The van der Waals surface area contributed by atoms with Gasteiger partial charge in [0.15, 0.2) is 17.6 Å². The van der Waals surface area contributed by atoms with Crippen molar-refractivity contribution in [3.63, 3.8) is 0 Å². The summed E-state index contributed by atoms with van der Waals surface area (Å²) in [5.41, 5.74) is -0.642. The number of methoxy groups -OCH3 is 1. The molecule has 0 unspecified atom stereocenters.